The highest BCUT2D eigenvalue weighted by molar-refractivity contribution is 6.31. The summed E-state index contributed by atoms with van der Waals surface area (Å²) >= 11 is 12.4. The fourth-order valence-corrected chi connectivity index (χ4v) is 4.97. The minimum absolute atomic E-state index is 0.298. The molecule has 3 aromatic heterocycles. The number of imidazole rings is 1. The van der Waals surface area contributed by atoms with Crippen LogP contribution in [0, 0.1) is 0 Å². The topological polar surface area (TPSA) is 96.0 Å². The molecule has 2 aromatic carbocycles. The van der Waals surface area contributed by atoms with Crippen LogP contribution in [0.15, 0.2) is 72.2 Å². The normalized spacial score (nSPS) is 12.0. The molecule has 3 heterocycles. The van der Waals surface area contributed by atoms with Crippen LogP contribution in [0.3, 0.4) is 0 Å². The number of aryl methyl sites for hydroxylation is 1. The zero-order valence-electron chi connectivity index (χ0n) is 21.6. The van der Waals surface area contributed by atoms with E-state index in [0.29, 0.717) is 51.3 Å². The second kappa shape index (κ2) is 11.0. The van der Waals surface area contributed by atoms with Crippen molar-refractivity contribution in [3.05, 3.63) is 87.9 Å². The Hall–Kier alpha value is -4.08. The van der Waals surface area contributed by atoms with Crippen LogP contribution in [0.25, 0.3) is 27.7 Å². The molecule has 39 heavy (non-hydrogen) atoms. The Kier molecular flexibility index (Phi) is 7.45. The number of ether oxygens (including phenoxy) is 1. The number of methoxy groups -OCH3 is 1. The fourth-order valence-electron chi connectivity index (χ4n) is 4.65. The van der Waals surface area contributed by atoms with Crippen LogP contribution < -0.4 is 15.6 Å². The van der Waals surface area contributed by atoms with Crippen molar-refractivity contribution in [3.8, 4) is 22.6 Å². The molecule has 5 aromatic rings. The molecule has 0 radical (unpaired) electrons. The zero-order valence-corrected chi connectivity index (χ0v) is 23.1. The Morgan fingerprint density at radius 1 is 1.08 bits per heavy atom. The second-order valence-electron chi connectivity index (χ2n) is 9.14. The third kappa shape index (κ3) is 5.41. The predicted molar refractivity (Wildman–Crippen MR) is 153 cm³/mol. The van der Waals surface area contributed by atoms with Crippen LogP contribution in [0.4, 0.5) is 5.69 Å². The lowest BCUT2D eigenvalue weighted by molar-refractivity contribution is -0.119. The minimum atomic E-state index is -0.749. The van der Waals surface area contributed by atoms with Crippen LogP contribution in [0.1, 0.15) is 25.8 Å². The average molecular weight is 565 g/mol. The van der Waals surface area contributed by atoms with Crippen molar-refractivity contribution in [2.24, 2.45) is 7.05 Å². The molecular weight excluding hydrogens is 539 g/mol. The van der Waals surface area contributed by atoms with Gasteiger partial charge in [0.05, 0.1) is 24.5 Å². The molecule has 0 bridgehead atoms. The first-order valence-corrected chi connectivity index (χ1v) is 13.1. The lowest BCUT2D eigenvalue weighted by Crippen LogP contribution is -2.33. The van der Waals surface area contributed by atoms with Crippen LogP contribution >= 0.6 is 23.2 Å². The van der Waals surface area contributed by atoms with Gasteiger partial charge in [0.25, 0.3) is 5.56 Å². The Balaban J connectivity index is 1.54. The number of aromatic nitrogens is 5. The Bertz CT molecular complexity index is 1740. The summed E-state index contributed by atoms with van der Waals surface area (Å²) in [5.41, 5.74) is 2.99. The maximum Gasteiger partial charge on any atom is 0.252 e. The Labute approximate surface area is 234 Å². The predicted octanol–water partition coefficient (Wildman–Crippen LogP) is 5.88. The summed E-state index contributed by atoms with van der Waals surface area (Å²) in [7, 11) is 3.36. The quantitative estimate of drug-likeness (QED) is 0.254. The summed E-state index contributed by atoms with van der Waals surface area (Å²) in [6, 6.07) is 11.5. The van der Waals surface area contributed by atoms with Crippen molar-refractivity contribution >= 4 is 45.7 Å². The third-order valence-corrected chi connectivity index (χ3v) is 6.86. The first-order chi connectivity index (χ1) is 18.8. The molecule has 200 valence electrons. The first kappa shape index (κ1) is 26.5. The summed E-state index contributed by atoms with van der Waals surface area (Å²) in [5, 5.41) is 9.05. The number of hydrogen-bond acceptors (Lipinski definition) is 5. The van der Waals surface area contributed by atoms with Crippen molar-refractivity contribution in [2.75, 3.05) is 12.4 Å². The van der Waals surface area contributed by atoms with Crippen molar-refractivity contribution in [1.82, 2.24) is 23.9 Å². The number of benzene rings is 2. The van der Waals surface area contributed by atoms with Crippen LogP contribution in [0.2, 0.25) is 10.2 Å². The largest absolute Gasteiger partial charge is 0.495 e. The molecule has 1 unspecified atom stereocenters. The van der Waals surface area contributed by atoms with Crippen molar-refractivity contribution < 1.29 is 9.53 Å². The number of halogens is 2. The van der Waals surface area contributed by atoms with E-state index in [4.69, 9.17) is 27.9 Å². The number of pyridine rings is 1. The van der Waals surface area contributed by atoms with E-state index < -0.39 is 6.04 Å². The molecule has 0 fully saturated rings. The van der Waals surface area contributed by atoms with E-state index in [1.54, 1.807) is 46.2 Å². The number of amides is 1. The molecule has 0 saturated heterocycles. The van der Waals surface area contributed by atoms with Gasteiger partial charge < -0.3 is 14.6 Å². The number of nitrogens with one attached hydrogen (secondary N) is 1. The number of rotatable bonds is 8. The van der Waals surface area contributed by atoms with E-state index in [1.165, 1.54) is 17.7 Å². The number of carbonyl (C=O) groups excluding carboxylic acids is 1. The van der Waals surface area contributed by atoms with Crippen LogP contribution in [-0.2, 0) is 11.8 Å². The fraction of sp³-hybridized carbons (Fsp3) is 0.214. The van der Waals surface area contributed by atoms with Gasteiger partial charge in [-0.3, -0.25) is 18.8 Å². The van der Waals surface area contributed by atoms with E-state index in [2.05, 4.69) is 15.4 Å². The van der Waals surface area contributed by atoms with Gasteiger partial charge >= 0.3 is 0 Å². The van der Waals surface area contributed by atoms with Gasteiger partial charge in [-0.25, -0.2) is 4.98 Å². The molecule has 0 spiro atoms. The molecule has 5 rings (SSSR count). The highest BCUT2D eigenvalue weighted by atomic mass is 35.5. The van der Waals surface area contributed by atoms with Crippen molar-refractivity contribution in [1.29, 1.82) is 0 Å². The van der Waals surface area contributed by atoms with Gasteiger partial charge in [-0.1, -0.05) is 36.5 Å². The molecular formula is C28H26Cl2N6O3. The number of carbonyl (C=O) groups is 1. The van der Waals surface area contributed by atoms with Crippen molar-refractivity contribution in [3.63, 3.8) is 0 Å². The lowest BCUT2D eigenvalue weighted by Gasteiger charge is -2.21. The summed E-state index contributed by atoms with van der Waals surface area (Å²) in [6.45, 7) is 1.97. The SMILES string of the molecule is CCCC(C(=O)Nc1ccc2nn(C)cc2c1)n1cc(OC)c(-c2cc(Cl)ccc2-n2cnc(Cl)c2)cc1=O. The Morgan fingerprint density at radius 2 is 1.90 bits per heavy atom. The Morgan fingerprint density at radius 3 is 2.62 bits per heavy atom. The minimum Gasteiger partial charge on any atom is -0.495 e. The monoisotopic (exact) mass is 564 g/mol. The lowest BCUT2D eigenvalue weighted by atomic mass is 10.0. The van der Waals surface area contributed by atoms with Gasteiger partial charge in [-0.15, -0.1) is 0 Å². The second-order valence-corrected chi connectivity index (χ2v) is 9.96. The molecule has 0 aliphatic carbocycles. The number of nitrogens with zero attached hydrogens (tertiary/aromatic N) is 5. The van der Waals surface area contributed by atoms with Gasteiger partial charge in [0.15, 0.2) is 0 Å². The first-order valence-electron chi connectivity index (χ1n) is 12.3. The van der Waals surface area contributed by atoms with Gasteiger partial charge in [-0.05, 0) is 42.8 Å². The van der Waals surface area contributed by atoms with E-state index in [0.717, 1.165) is 10.9 Å². The molecule has 11 heteroatoms. The number of hydrogen-bond donors (Lipinski definition) is 1. The highest BCUT2D eigenvalue weighted by Gasteiger charge is 2.24. The average Bonchev–Trinajstić information content (AvgIpc) is 3.51. The maximum absolute atomic E-state index is 13.5. The summed E-state index contributed by atoms with van der Waals surface area (Å²) in [5.74, 6) is 0.114. The van der Waals surface area contributed by atoms with Crippen LogP contribution in [0.5, 0.6) is 5.75 Å². The third-order valence-electron chi connectivity index (χ3n) is 6.43. The molecule has 9 nitrogen and oxygen atoms in total. The summed E-state index contributed by atoms with van der Waals surface area (Å²) in [6.07, 6.45) is 7.84. The molecule has 1 amide bonds. The smallest absolute Gasteiger partial charge is 0.252 e. The maximum atomic E-state index is 13.5. The summed E-state index contributed by atoms with van der Waals surface area (Å²) < 4.78 is 10.6. The van der Waals surface area contributed by atoms with Crippen LogP contribution in [-0.4, -0.2) is 36.9 Å². The van der Waals surface area contributed by atoms with E-state index in [9.17, 15) is 9.59 Å². The molecule has 1 atom stereocenters. The molecule has 0 saturated carbocycles. The molecule has 0 aliphatic rings. The molecule has 1 N–H and O–H groups in total. The number of anilines is 1. The standard InChI is InChI=1S/C28H26Cl2N6O3/c1-4-5-24(28(38)32-19-7-8-22-17(10-19)13-34(2)33-22)36-14-25(39-3)21(12-27(36)37)20-11-18(29)6-9-23(20)35-15-26(30)31-16-35/h6-16,24H,4-5H2,1-3H3,(H,32,38). The van der Waals surface area contributed by atoms with Gasteiger partial charge in [0.1, 0.15) is 23.3 Å². The van der Waals surface area contributed by atoms with E-state index >= 15 is 0 Å². The van der Waals surface area contributed by atoms with Gasteiger partial charge in [0, 0.05) is 52.7 Å². The van der Waals surface area contributed by atoms with Gasteiger partial charge in [-0.2, -0.15) is 5.10 Å². The zero-order chi connectivity index (χ0) is 27.7. The van der Waals surface area contributed by atoms with E-state index in [1.807, 2.05) is 38.4 Å². The number of fused-ring (bicyclic) bond motifs is 1. The van der Waals surface area contributed by atoms with E-state index in [-0.39, 0.29) is 11.5 Å². The summed E-state index contributed by atoms with van der Waals surface area (Å²) in [4.78, 5) is 31.1. The van der Waals surface area contributed by atoms with Gasteiger partial charge in [0.2, 0.25) is 5.91 Å². The molecule has 0 aliphatic heterocycles. The highest BCUT2D eigenvalue weighted by Crippen LogP contribution is 2.36. The van der Waals surface area contributed by atoms with Crippen molar-refractivity contribution in [2.45, 2.75) is 25.8 Å².